The molecular weight excluding hydrogens is 330 g/mol. The molecule has 0 aliphatic rings. The van der Waals surface area contributed by atoms with E-state index in [2.05, 4.69) is 16.3 Å². The second-order valence-electron chi connectivity index (χ2n) is 7.02. The third-order valence-corrected chi connectivity index (χ3v) is 4.63. The molecule has 0 bridgehead atoms. The van der Waals surface area contributed by atoms with Crippen molar-refractivity contribution in [3.63, 3.8) is 0 Å². The van der Waals surface area contributed by atoms with Gasteiger partial charge in [-0.25, -0.2) is 4.79 Å². The molecule has 1 aromatic carbocycles. The van der Waals surface area contributed by atoms with Crippen LogP contribution in [0.2, 0.25) is 0 Å². The molecule has 0 heterocycles. The van der Waals surface area contributed by atoms with E-state index in [0.29, 0.717) is 0 Å². The zero-order valence-electron chi connectivity index (χ0n) is 16.9. The van der Waals surface area contributed by atoms with Gasteiger partial charge in [-0.15, -0.1) is 0 Å². The van der Waals surface area contributed by atoms with Crippen LogP contribution in [0.3, 0.4) is 0 Å². The van der Waals surface area contributed by atoms with Gasteiger partial charge in [0.1, 0.15) is 6.07 Å². The number of nitrogens with one attached hydrogen (secondary N) is 1. The number of carbonyl (C=O) groups is 2. The third-order valence-electron chi connectivity index (χ3n) is 4.63. The molecule has 1 atom stereocenters. The summed E-state index contributed by atoms with van der Waals surface area (Å²) in [5.41, 5.74) is 2.21. The average Bonchev–Trinajstić information content (AvgIpc) is 2.56. The van der Waals surface area contributed by atoms with Crippen molar-refractivity contribution in [1.29, 1.82) is 5.26 Å². The lowest BCUT2D eigenvalue weighted by Crippen LogP contribution is -2.49. The van der Waals surface area contributed by atoms with Gasteiger partial charge in [-0.3, -0.25) is 9.69 Å². The van der Waals surface area contributed by atoms with E-state index in [1.54, 1.807) is 13.0 Å². The topological polar surface area (TPSA) is 82.4 Å². The molecule has 0 aromatic heterocycles. The summed E-state index contributed by atoms with van der Waals surface area (Å²) >= 11 is 0. The average molecular weight is 359 g/mol. The number of hydrogen-bond donors (Lipinski definition) is 1. The summed E-state index contributed by atoms with van der Waals surface area (Å²) in [4.78, 5) is 27.1. The maximum atomic E-state index is 12.9. The molecule has 6 nitrogen and oxygen atoms in total. The zero-order chi connectivity index (χ0) is 20.2. The van der Waals surface area contributed by atoms with Gasteiger partial charge >= 0.3 is 5.97 Å². The van der Waals surface area contributed by atoms with E-state index in [0.717, 1.165) is 11.1 Å². The molecule has 0 radical (unpaired) electrons. The minimum atomic E-state index is -0.586. The molecule has 0 aliphatic heterocycles. The van der Waals surface area contributed by atoms with Gasteiger partial charge in [0.2, 0.25) is 5.91 Å². The monoisotopic (exact) mass is 359 g/mol. The number of nitriles is 1. The van der Waals surface area contributed by atoms with Crippen LogP contribution >= 0.6 is 0 Å². The van der Waals surface area contributed by atoms with E-state index in [1.165, 1.54) is 7.11 Å². The highest BCUT2D eigenvalue weighted by Crippen LogP contribution is 2.28. The molecule has 1 aromatic rings. The van der Waals surface area contributed by atoms with E-state index < -0.39 is 12.0 Å². The second-order valence-corrected chi connectivity index (χ2v) is 7.02. The number of esters is 1. The van der Waals surface area contributed by atoms with Crippen molar-refractivity contribution in [3.05, 3.63) is 28.3 Å². The van der Waals surface area contributed by atoms with Gasteiger partial charge in [0, 0.05) is 12.1 Å². The number of rotatable bonds is 6. The summed E-state index contributed by atoms with van der Waals surface area (Å²) in [6.07, 6.45) is 0. The van der Waals surface area contributed by atoms with Crippen molar-refractivity contribution in [2.24, 2.45) is 0 Å². The summed E-state index contributed by atoms with van der Waals surface area (Å²) in [5.74, 6) is -0.852. The van der Waals surface area contributed by atoms with Crippen LogP contribution in [0.5, 0.6) is 0 Å². The molecular formula is C20H29N3O3. The Bertz CT molecular complexity index is 725. The maximum Gasteiger partial charge on any atom is 0.340 e. The number of carbonyl (C=O) groups excluding carboxylic acids is 2. The molecule has 142 valence electrons. The van der Waals surface area contributed by atoms with E-state index >= 15 is 0 Å². The highest BCUT2D eigenvalue weighted by molar-refractivity contribution is 6.04. The molecule has 1 N–H and O–H groups in total. The smallest absolute Gasteiger partial charge is 0.340 e. The van der Waals surface area contributed by atoms with Crippen LogP contribution in [0.15, 0.2) is 6.07 Å². The highest BCUT2D eigenvalue weighted by atomic mass is 16.5. The van der Waals surface area contributed by atoms with Crippen LogP contribution in [0.1, 0.15) is 61.7 Å². The number of amides is 1. The highest BCUT2D eigenvalue weighted by Gasteiger charge is 2.28. The van der Waals surface area contributed by atoms with Crippen molar-refractivity contribution < 1.29 is 14.3 Å². The van der Waals surface area contributed by atoms with Crippen LogP contribution in [0.25, 0.3) is 0 Å². The number of hydrogen-bond acceptors (Lipinski definition) is 5. The molecule has 1 unspecified atom stereocenters. The minimum absolute atomic E-state index is 0.172. The number of ether oxygens (including phenoxy) is 1. The van der Waals surface area contributed by atoms with Crippen LogP contribution in [-0.4, -0.2) is 42.0 Å². The van der Waals surface area contributed by atoms with Crippen molar-refractivity contribution in [1.82, 2.24) is 4.90 Å². The fourth-order valence-corrected chi connectivity index (χ4v) is 3.31. The Morgan fingerprint density at radius 2 is 1.69 bits per heavy atom. The van der Waals surface area contributed by atoms with Gasteiger partial charge in [0.05, 0.1) is 30.0 Å². The molecule has 0 saturated carbocycles. The van der Waals surface area contributed by atoms with Crippen LogP contribution < -0.4 is 5.32 Å². The van der Waals surface area contributed by atoms with E-state index in [1.807, 2.05) is 41.5 Å². The fraction of sp³-hybridized carbons (Fsp3) is 0.550. The molecule has 0 saturated heterocycles. The normalized spacial score (nSPS) is 12.2. The van der Waals surface area contributed by atoms with Gasteiger partial charge in [-0.1, -0.05) is 0 Å². The van der Waals surface area contributed by atoms with Gasteiger partial charge in [0.15, 0.2) is 0 Å². The van der Waals surface area contributed by atoms with Crippen molar-refractivity contribution in [3.8, 4) is 6.07 Å². The van der Waals surface area contributed by atoms with Crippen molar-refractivity contribution in [2.75, 3.05) is 12.4 Å². The lowest BCUT2D eigenvalue weighted by atomic mass is 9.97. The van der Waals surface area contributed by atoms with Crippen LogP contribution in [-0.2, 0) is 9.53 Å². The summed E-state index contributed by atoms with van der Waals surface area (Å²) in [6, 6.07) is 3.67. The second kappa shape index (κ2) is 8.81. The largest absolute Gasteiger partial charge is 0.465 e. The lowest BCUT2D eigenvalue weighted by Gasteiger charge is -2.35. The molecule has 0 aliphatic carbocycles. The standard InChI is InChI=1S/C20H29N3O3/c1-11(2)23(12(3)4)15(7)19(24)22-18-16(20(25)26-8)9-13(5)14(6)17(18)10-21/h9,11-12,15H,1-8H3,(H,22,24). The maximum absolute atomic E-state index is 12.9. The quantitative estimate of drug-likeness (QED) is 0.787. The third kappa shape index (κ3) is 4.41. The molecule has 26 heavy (non-hydrogen) atoms. The Balaban J connectivity index is 3.39. The molecule has 0 fully saturated rings. The van der Waals surface area contributed by atoms with Gasteiger partial charge in [-0.05, 0) is 65.7 Å². The number of aryl methyl sites for hydroxylation is 1. The van der Waals surface area contributed by atoms with Gasteiger partial charge < -0.3 is 10.1 Å². The summed E-state index contributed by atoms with van der Waals surface area (Å²) in [6.45, 7) is 13.5. The SMILES string of the molecule is COC(=O)c1cc(C)c(C)c(C#N)c1NC(=O)C(C)N(C(C)C)C(C)C. The van der Waals surface area contributed by atoms with Crippen LogP contribution in [0.4, 0.5) is 5.69 Å². The number of methoxy groups -OCH3 is 1. The Kier molecular flexibility index (Phi) is 7.34. The number of anilines is 1. The molecule has 1 rings (SSSR count). The number of benzene rings is 1. The molecule has 0 spiro atoms. The Labute approximate surface area is 156 Å². The first-order valence-corrected chi connectivity index (χ1v) is 8.77. The molecule has 6 heteroatoms. The van der Waals surface area contributed by atoms with E-state index in [4.69, 9.17) is 4.74 Å². The zero-order valence-corrected chi connectivity index (χ0v) is 16.9. The van der Waals surface area contributed by atoms with E-state index in [9.17, 15) is 14.9 Å². The van der Waals surface area contributed by atoms with Crippen molar-refractivity contribution in [2.45, 2.75) is 66.6 Å². The van der Waals surface area contributed by atoms with Crippen molar-refractivity contribution >= 4 is 17.6 Å². The Morgan fingerprint density at radius 3 is 2.12 bits per heavy atom. The minimum Gasteiger partial charge on any atom is -0.465 e. The summed E-state index contributed by atoms with van der Waals surface area (Å²) in [5, 5.41) is 12.4. The summed E-state index contributed by atoms with van der Waals surface area (Å²) < 4.78 is 4.83. The first-order valence-electron chi connectivity index (χ1n) is 8.77. The Morgan fingerprint density at radius 1 is 1.15 bits per heavy atom. The molecule has 1 amide bonds. The van der Waals surface area contributed by atoms with E-state index in [-0.39, 0.29) is 34.8 Å². The van der Waals surface area contributed by atoms with Gasteiger partial charge in [-0.2, -0.15) is 5.26 Å². The first-order chi connectivity index (χ1) is 12.1. The lowest BCUT2D eigenvalue weighted by molar-refractivity contribution is -0.122. The first kappa shape index (κ1) is 21.7. The Hall–Kier alpha value is -2.39. The summed E-state index contributed by atoms with van der Waals surface area (Å²) in [7, 11) is 1.27. The van der Waals surface area contributed by atoms with Gasteiger partial charge in [0.25, 0.3) is 0 Å². The predicted molar refractivity (Wildman–Crippen MR) is 102 cm³/mol. The predicted octanol–water partition coefficient (Wildman–Crippen LogP) is 3.41. The fourth-order valence-electron chi connectivity index (χ4n) is 3.31. The number of nitrogens with zero attached hydrogens (tertiary/aromatic N) is 2. The van der Waals surface area contributed by atoms with Crippen LogP contribution in [0, 0.1) is 25.2 Å².